The number of carboxylic acid groups (broad SMARTS) is 1. The third-order valence-electron chi connectivity index (χ3n) is 6.97. The molecule has 3 N–H and O–H groups in total. The minimum Gasteiger partial charge on any atom is -0.506 e. The minimum atomic E-state index is -1.31. The van der Waals surface area contributed by atoms with Gasteiger partial charge in [-0.2, -0.15) is 0 Å². The van der Waals surface area contributed by atoms with Gasteiger partial charge in [-0.3, -0.25) is 14.7 Å². The van der Waals surface area contributed by atoms with E-state index in [1.165, 1.54) is 12.3 Å². The van der Waals surface area contributed by atoms with E-state index in [0.717, 1.165) is 18.4 Å². The van der Waals surface area contributed by atoms with Gasteiger partial charge < -0.3 is 24.8 Å². The number of aliphatic hydroxyl groups excluding tert-OH is 1. The van der Waals surface area contributed by atoms with Crippen LogP contribution in [0.3, 0.4) is 0 Å². The highest BCUT2D eigenvalue weighted by Crippen LogP contribution is 2.38. The maximum absolute atomic E-state index is 15.2. The van der Waals surface area contributed by atoms with Gasteiger partial charge in [0.15, 0.2) is 0 Å². The molecule has 36 heavy (non-hydrogen) atoms. The van der Waals surface area contributed by atoms with Crippen molar-refractivity contribution in [1.82, 2.24) is 14.5 Å². The van der Waals surface area contributed by atoms with Gasteiger partial charge in [0.2, 0.25) is 5.43 Å². The number of benzene rings is 1. The van der Waals surface area contributed by atoms with Crippen LogP contribution < -0.4 is 10.3 Å². The third-order valence-corrected chi connectivity index (χ3v) is 6.97. The Kier molecular flexibility index (Phi) is 7.21. The molecule has 3 aromatic rings. The molecule has 192 valence electrons. The first kappa shape index (κ1) is 25.9. The van der Waals surface area contributed by atoms with E-state index in [1.807, 2.05) is 4.90 Å². The number of hydrogen-bond acceptors (Lipinski definition) is 7. The summed E-state index contributed by atoms with van der Waals surface area (Å²) in [6.45, 7) is 4.25. The van der Waals surface area contributed by atoms with Crippen molar-refractivity contribution < 1.29 is 24.5 Å². The van der Waals surface area contributed by atoms with Crippen molar-refractivity contribution in [3.63, 3.8) is 0 Å². The SMILES string of the molecule is Cc1ncc(CN2CCN(c3cc4c(cc3F)c(=O)c(C(=O)O)cn4C3CC3)CC2)c(CO)c1O.Cl. The van der Waals surface area contributed by atoms with Crippen molar-refractivity contribution in [2.75, 3.05) is 31.1 Å². The molecule has 0 unspecified atom stereocenters. The van der Waals surface area contributed by atoms with Crippen LogP contribution in [0, 0.1) is 12.7 Å². The molecule has 0 spiro atoms. The lowest BCUT2D eigenvalue weighted by atomic mass is 10.1. The molecule has 2 fully saturated rings. The number of nitrogens with zero attached hydrogens (tertiary/aromatic N) is 4. The van der Waals surface area contributed by atoms with E-state index in [4.69, 9.17) is 0 Å². The van der Waals surface area contributed by atoms with E-state index in [2.05, 4.69) is 9.88 Å². The monoisotopic (exact) mass is 518 g/mol. The molecule has 1 saturated carbocycles. The number of aliphatic hydroxyl groups is 1. The Bertz CT molecular complexity index is 1380. The summed E-state index contributed by atoms with van der Waals surface area (Å²) in [5, 5.41) is 29.4. The fourth-order valence-corrected chi connectivity index (χ4v) is 4.79. The van der Waals surface area contributed by atoms with Crippen molar-refractivity contribution >= 4 is 35.0 Å². The van der Waals surface area contributed by atoms with E-state index in [-0.39, 0.29) is 41.8 Å². The molecule has 2 aliphatic rings. The van der Waals surface area contributed by atoms with Crippen molar-refractivity contribution in [3.8, 4) is 5.75 Å². The third kappa shape index (κ3) is 4.63. The molecular weight excluding hydrogens is 491 g/mol. The van der Waals surface area contributed by atoms with Crippen LogP contribution in [0.15, 0.2) is 29.3 Å². The normalized spacial score (nSPS) is 16.2. The first-order valence-electron chi connectivity index (χ1n) is 11.6. The van der Waals surface area contributed by atoms with Gasteiger partial charge in [0.25, 0.3) is 0 Å². The number of fused-ring (bicyclic) bond motifs is 1. The Morgan fingerprint density at radius 3 is 2.50 bits per heavy atom. The Balaban J connectivity index is 0.00000304. The number of halogens is 2. The highest BCUT2D eigenvalue weighted by Gasteiger charge is 2.28. The number of aromatic nitrogens is 2. The minimum absolute atomic E-state index is 0. The summed E-state index contributed by atoms with van der Waals surface area (Å²) in [5.74, 6) is -1.86. The summed E-state index contributed by atoms with van der Waals surface area (Å²) in [6, 6.07) is 2.95. The lowest BCUT2D eigenvalue weighted by molar-refractivity contribution is 0.0695. The maximum atomic E-state index is 15.2. The molecule has 5 rings (SSSR count). The van der Waals surface area contributed by atoms with Crippen LogP contribution in [-0.4, -0.2) is 61.9 Å². The molecule has 0 bridgehead atoms. The number of carbonyl (C=O) groups is 1. The molecule has 1 aliphatic heterocycles. The predicted octanol–water partition coefficient (Wildman–Crippen LogP) is 2.82. The average Bonchev–Trinajstić information content (AvgIpc) is 3.68. The molecule has 1 aromatic carbocycles. The maximum Gasteiger partial charge on any atom is 0.341 e. The summed E-state index contributed by atoms with van der Waals surface area (Å²) in [5.41, 5.74) is 1.62. The molecule has 11 heteroatoms. The van der Waals surface area contributed by atoms with Crippen LogP contribution in [0.1, 0.15) is 46.1 Å². The topological polar surface area (TPSA) is 119 Å². The second-order valence-electron chi connectivity index (χ2n) is 9.25. The molecule has 0 amide bonds. The second kappa shape index (κ2) is 10.0. The molecule has 1 saturated heterocycles. The Labute approximate surface area is 212 Å². The first-order chi connectivity index (χ1) is 16.8. The van der Waals surface area contributed by atoms with Gasteiger partial charge in [-0.1, -0.05) is 0 Å². The van der Waals surface area contributed by atoms with Crippen molar-refractivity contribution in [3.05, 3.63) is 63.0 Å². The highest BCUT2D eigenvalue weighted by atomic mass is 35.5. The number of carboxylic acids is 1. The number of rotatable bonds is 6. The van der Waals surface area contributed by atoms with Crippen LogP contribution in [0.5, 0.6) is 5.75 Å². The summed E-state index contributed by atoms with van der Waals surface area (Å²) >= 11 is 0. The van der Waals surface area contributed by atoms with E-state index >= 15 is 4.39 Å². The standard InChI is InChI=1S/C25H27FN4O5.ClH/c1-14-23(32)19(13-31)15(10-27-14)11-28-4-6-29(7-5-28)22-9-21-17(8-20(22)26)24(33)18(25(34)35)12-30(21)16-2-3-16;/h8-10,12,16,31-32H,2-7,11,13H2,1H3,(H,34,35);1H. The molecule has 2 aromatic heterocycles. The Morgan fingerprint density at radius 2 is 1.89 bits per heavy atom. The summed E-state index contributed by atoms with van der Waals surface area (Å²) < 4.78 is 17.0. The van der Waals surface area contributed by atoms with Gasteiger partial charge in [-0.05, 0) is 37.5 Å². The Hall–Kier alpha value is -3.21. The Morgan fingerprint density at radius 1 is 1.19 bits per heavy atom. The molecular formula is C25H28ClFN4O5. The largest absolute Gasteiger partial charge is 0.506 e. The van der Waals surface area contributed by atoms with Crippen LogP contribution in [0.2, 0.25) is 0 Å². The van der Waals surface area contributed by atoms with Crippen LogP contribution in [0.4, 0.5) is 10.1 Å². The lowest BCUT2D eigenvalue weighted by Gasteiger charge is -2.36. The van der Waals surface area contributed by atoms with Crippen molar-refractivity contribution in [2.24, 2.45) is 0 Å². The second-order valence-corrected chi connectivity index (χ2v) is 9.25. The van der Waals surface area contributed by atoms with Crippen molar-refractivity contribution in [2.45, 2.75) is 39.0 Å². The number of hydrogen-bond donors (Lipinski definition) is 3. The number of pyridine rings is 2. The summed E-state index contributed by atoms with van der Waals surface area (Å²) in [4.78, 5) is 32.5. The number of aromatic carboxylic acids is 1. The van der Waals surface area contributed by atoms with E-state index < -0.39 is 17.2 Å². The zero-order valence-corrected chi connectivity index (χ0v) is 20.6. The molecule has 9 nitrogen and oxygen atoms in total. The first-order valence-corrected chi connectivity index (χ1v) is 11.6. The predicted molar refractivity (Wildman–Crippen MR) is 135 cm³/mol. The van der Waals surface area contributed by atoms with Crippen LogP contribution in [-0.2, 0) is 13.2 Å². The fraction of sp³-hybridized carbons (Fsp3) is 0.400. The highest BCUT2D eigenvalue weighted by molar-refractivity contribution is 5.93. The van der Waals surface area contributed by atoms with E-state index in [1.54, 1.807) is 23.8 Å². The van der Waals surface area contributed by atoms with E-state index in [9.17, 15) is 24.9 Å². The molecule has 0 radical (unpaired) electrons. The lowest BCUT2D eigenvalue weighted by Crippen LogP contribution is -2.46. The van der Waals surface area contributed by atoms with Crippen molar-refractivity contribution in [1.29, 1.82) is 0 Å². The number of piperazine rings is 1. The van der Waals surface area contributed by atoms with Gasteiger partial charge in [0, 0.05) is 62.1 Å². The number of aromatic hydroxyl groups is 1. The number of aryl methyl sites for hydroxylation is 1. The van der Waals surface area contributed by atoms with Gasteiger partial charge in [0.05, 0.1) is 23.5 Å². The smallest absolute Gasteiger partial charge is 0.341 e. The fourth-order valence-electron chi connectivity index (χ4n) is 4.79. The summed E-state index contributed by atoms with van der Waals surface area (Å²) in [6.07, 6.45) is 4.83. The number of anilines is 1. The van der Waals surface area contributed by atoms with E-state index in [0.29, 0.717) is 55.2 Å². The molecule has 3 heterocycles. The van der Waals surface area contributed by atoms with Crippen LogP contribution in [0.25, 0.3) is 10.9 Å². The van der Waals surface area contributed by atoms with Crippen LogP contribution >= 0.6 is 12.4 Å². The summed E-state index contributed by atoms with van der Waals surface area (Å²) in [7, 11) is 0. The molecule has 1 aliphatic carbocycles. The van der Waals surface area contributed by atoms with Gasteiger partial charge >= 0.3 is 5.97 Å². The quantitative estimate of drug-likeness (QED) is 0.456. The van der Waals surface area contributed by atoms with Gasteiger partial charge in [-0.25, -0.2) is 9.18 Å². The zero-order valence-electron chi connectivity index (χ0n) is 19.8. The van der Waals surface area contributed by atoms with Gasteiger partial charge in [-0.15, -0.1) is 12.4 Å². The zero-order chi connectivity index (χ0) is 24.9. The average molecular weight is 519 g/mol. The molecule has 0 atom stereocenters. The van der Waals surface area contributed by atoms with Gasteiger partial charge in [0.1, 0.15) is 17.1 Å².